The topological polar surface area (TPSA) is 63.1 Å². The number of benzene rings is 2. The molecule has 0 saturated heterocycles. The van der Waals surface area contributed by atoms with Crippen LogP contribution >= 0.6 is 0 Å². The van der Waals surface area contributed by atoms with Gasteiger partial charge in [-0.2, -0.15) is 0 Å². The molecule has 1 aliphatic rings. The third-order valence-electron chi connectivity index (χ3n) is 6.05. The van der Waals surface area contributed by atoms with Crippen molar-refractivity contribution >= 4 is 16.8 Å². The zero-order valence-electron chi connectivity index (χ0n) is 17.3. The fraction of sp³-hybridized carbons (Fsp3) is 0.250. The number of nitrogens with one attached hydrogen (secondary N) is 1. The molecule has 0 aliphatic carbocycles. The number of nitrogens with zero attached hydrogens (tertiary/aromatic N) is 3. The molecule has 2 aromatic heterocycles. The second kappa shape index (κ2) is 7.06. The number of imidazole rings is 1. The second-order valence-electron chi connectivity index (χ2n) is 7.85. The summed E-state index contributed by atoms with van der Waals surface area (Å²) < 4.78 is 7.40. The summed E-state index contributed by atoms with van der Waals surface area (Å²) >= 11 is 0. The highest BCUT2D eigenvalue weighted by Crippen LogP contribution is 2.35. The summed E-state index contributed by atoms with van der Waals surface area (Å²) in [6.07, 6.45) is 4.57. The van der Waals surface area contributed by atoms with Crippen LogP contribution in [0.1, 0.15) is 38.9 Å². The first-order valence-corrected chi connectivity index (χ1v) is 10.1. The zero-order valence-corrected chi connectivity index (χ0v) is 17.3. The minimum atomic E-state index is -0.231. The van der Waals surface area contributed by atoms with Crippen molar-refractivity contribution in [2.24, 2.45) is 7.05 Å². The van der Waals surface area contributed by atoms with Crippen LogP contribution in [-0.4, -0.2) is 39.0 Å². The van der Waals surface area contributed by atoms with Gasteiger partial charge in [0.1, 0.15) is 11.8 Å². The van der Waals surface area contributed by atoms with E-state index in [1.54, 1.807) is 13.4 Å². The van der Waals surface area contributed by atoms with Crippen LogP contribution in [0.4, 0.5) is 0 Å². The summed E-state index contributed by atoms with van der Waals surface area (Å²) in [5.41, 5.74) is 6.03. The number of aromatic amines is 1. The van der Waals surface area contributed by atoms with Crippen LogP contribution in [-0.2, 0) is 13.5 Å². The van der Waals surface area contributed by atoms with E-state index in [0.717, 1.165) is 40.0 Å². The molecule has 1 amide bonds. The highest BCUT2D eigenvalue weighted by molar-refractivity contribution is 5.99. The first-order chi connectivity index (χ1) is 14.6. The Labute approximate surface area is 175 Å². The number of carbonyl (C=O) groups excluding carboxylic acids is 1. The fourth-order valence-electron chi connectivity index (χ4n) is 4.51. The molecule has 0 bridgehead atoms. The maximum absolute atomic E-state index is 13.7. The van der Waals surface area contributed by atoms with Crippen molar-refractivity contribution in [2.45, 2.75) is 19.4 Å². The van der Waals surface area contributed by atoms with E-state index in [1.165, 1.54) is 5.56 Å². The summed E-state index contributed by atoms with van der Waals surface area (Å²) in [6, 6.07) is 13.6. The fourth-order valence-corrected chi connectivity index (χ4v) is 4.51. The summed E-state index contributed by atoms with van der Waals surface area (Å²) in [5.74, 6) is 0.814. The van der Waals surface area contributed by atoms with Crippen LogP contribution in [0.5, 0.6) is 5.75 Å². The maximum Gasteiger partial charge on any atom is 0.254 e. The van der Waals surface area contributed by atoms with Gasteiger partial charge in [0.15, 0.2) is 0 Å². The lowest BCUT2D eigenvalue weighted by atomic mass is 9.94. The highest BCUT2D eigenvalue weighted by atomic mass is 16.5. The molecule has 152 valence electrons. The second-order valence-corrected chi connectivity index (χ2v) is 7.85. The number of methoxy groups -OCH3 is 1. The number of H-pyrrole nitrogens is 1. The molecule has 4 aromatic rings. The van der Waals surface area contributed by atoms with Gasteiger partial charge in [-0.25, -0.2) is 4.98 Å². The van der Waals surface area contributed by atoms with Crippen molar-refractivity contribution in [3.63, 3.8) is 0 Å². The van der Waals surface area contributed by atoms with Crippen molar-refractivity contribution in [3.8, 4) is 5.75 Å². The third kappa shape index (κ3) is 2.87. The number of ether oxygens (including phenoxy) is 1. The lowest BCUT2D eigenvalue weighted by Gasteiger charge is -2.35. The van der Waals surface area contributed by atoms with Crippen LogP contribution in [0.3, 0.4) is 0 Å². The Morgan fingerprint density at radius 1 is 1.20 bits per heavy atom. The summed E-state index contributed by atoms with van der Waals surface area (Å²) in [4.78, 5) is 23.4. The molecule has 0 radical (unpaired) electrons. The number of hydrogen-bond acceptors (Lipinski definition) is 3. The van der Waals surface area contributed by atoms with Gasteiger partial charge in [-0.1, -0.05) is 12.1 Å². The molecule has 2 aromatic carbocycles. The summed E-state index contributed by atoms with van der Waals surface area (Å²) in [5, 5.41) is 1.11. The van der Waals surface area contributed by atoms with Gasteiger partial charge in [0.05, 0.1) is 19.1 Å². The van der Waals surface area contributed by atoms with Crippen molar-refractivity contribution in [1.29, 1.82) is 0 Å². The average molecular weight is 400 g/mol. The molecule has 1 atom stereocenters. The Balaban J connectivity index is 1.57. The quantitative estimate of drug-likeness (QED) is 0.565. The van der Waals surface area contributed by atoms with E-state index < -0.39 is 0 Å². The lowest BCUT2D eigenvalue weighted by Crippen LogP contribution is -2.40. The Bertz CT molecular complexity index is 1240. The highest BCUT2D eigenvalue weighted by Gasteiger charge is 2.34. The van der Waals surface area contributed by atoms with E-state index in [9.17, 15) is 4.79 Å². The Morgan fingerprint density at radius 3 is 2.77 bits per heavy atom. The average Bonchev–Trinajstić information content (AvgIpc) is 3.36. The van der Waals surface area contributed by atoms with Gasteiger partial charge < -0.3 is 19.2 Å². The molecule has 1 unspecified atom stereocenters. The molecular formula is C24H24N4O2. The summed E-state index contributed by atoms with van der Waals surface area (Å²) in [7, 11) is 3.68. The molecule has 0 fully saturated rings. The van der Waals surface area contributed by atoms with Crippen molar-refractivity contribution in [2.75, 3.05) is 13.7 Å². The number of carbonyl (C=O) groups is 1. The number of aryl methyl sites for hydroxylation is 2. The molecular weight excluding hydrogens is 376 g/mol. The van der Waals surface area contributed by atoms with Crippen molar-refractivity contribution < 1.29 is 9.53 Å². The smallest absolute Gasteiger partial charge is 0.254 e. The molecule has 1 N–H and O–H groups in total. The molecule has 0 saturated carbocycles. The van der Waals surface area contributed by atoms with Crippen LogP contribution in [0.15, 0.2) is 55.0 Å². The van der Waals surface area contributed by atoms with E-state index in [2.05, 4.69) is 27.7 Å². The van der Waals surface area contributed by atoms with Gasteiger partial charge in [-0.05, 0) is 48.4 Å². The molecule has 6 nitrogen and oxygen atoms in total. The standard InChI is InChI=1S/C24H24N4O2/c1-15-13-27(2)21-9-6-17(12-19(15)21)24(29)28-11-10-20-22(26-14-25-20)23(28)16-4-7-18(30-3)8-5-16/h4-9,12-14,23H,10-11H2,1-3H3,(H,25,26). The first kappa shape index (κ1) is 18.5. The zero-order chi connectivity index (χ0) is 20.8. The molecule has 6 heteroatoms. The normalized spacial score (nSPS) is 16.0. The Morgan fingerprint density at radius 2 is 2.00 bits per heavy atom. The predicted molar refractivity (Wildman–Crippen MR) is 116 cm³/mol. The van der Waals surface area contributed by atoms with Crippen LogP contribution in [0.25, 0.3) is 10.9 Å². The Kier molecular flexibility index (Phi) is 4.35. The molecule has 0 spiro atoms. The van der Waals surface area contributed by atoms with E-state index in [-0.39, 0.29) is 11.9 Å². The molecule has 1 aliphatic heterocycles. The van der Waals surface area contributed by atoms with Crippen molar-refractivity contribution in [3.05, 3.63) is 83.1 Å². The molecule has 3 heterocycles. The summed E-state index contributed by atoms with van der Waals surface area (Å²) in [6.45, 7) is 2.71. The van der Waals surface area contributed by atoms with Gasteiger partial charge in [-0.15, -0.1) is 0 Å². The SMILES string of the molecule is COc1ccc(C2c3nc[nH]c3CCN2C(=O)c2ccc3c(c2)c(C)cn3C)cc1. The number of hydrogen-bond donors (Lipinski definition) is 1. The van der Waals surface area contributed by atoms with E-state index >= 15 is 0 Å². The lowest BCUT2D eigenvalue weighted by molar-refractivity contribution is 0.0691. The van der Waals surface area contributed by atoms with E-state index in [4.69, 9.17) is 4.74 Å². The van der Waals surface area contributed by atoms with E-state index in [0.29, 0.717) is 12.1 Å². The maximum atomic E-state index is 13.7. The van der Waals surface area contributed by atoms with Crippen LogP contribution in [0.2, 0.25) is 0 Å². The van der Waals surface area contributed by atoms with Crippen LogP contribution < -0.4 is 4.74 Å². The Hall–Kier alpha value is -3.54. The number of amides is 1. The number of aromatic nitrogens is 3. The minimum absolute atomic E-state index is 0.0228. The first-order valence-electron chi connectivity index (χ1n) is 10.1. The molecule has 5 rings (SSSR count). The van der Waals surface area contributed by atoms with Gasteiger partial charge in [-0.3, -0.25) is 4.79 Å². The monoisotopic (exact) mass is 400 g/mol. The minimum Gasteiger partial charge on any atom is -0.497 e. The van der Waals surface area contributed by atoms with Gasteiger partial charge in [0.2, 0.25) is 0 Å². The van der Waals surface area contributed by atoms with Gasteiger partial charge in [0, 0.05) is 48.4 Å². The third-order valence-corrected chi connectivity index (χ3v) is 6.05. The number of rotatable bonds is 3. The van der Waals surface area contributed by atoms with Crippen molar-refractivity contribution in [1.82, 2.24) is 19.4 Å². The molecule has 30 heavy (non-hydrogen) atoms. The number of fused-ring (bicyclic) bond motifs is 2. The predicted octanol–water partition coefficient (Wildman–Crippen LogP) is 4.01. The van der Waals surface area contributed by atoms with E-state index in [1.807, 2.05) is 54.4 Å². The van der Waals surface area contributed by atoms with Gasteiger partial charge in [0.25, 0.3) is 5.91 Å². The largest absolute Gasteiger partial charge is 0.497 e. The van der Waals surface area contributed by atoms with Gasteiger partial charge >= 0.3 is 0 Å². The van der Waals surface area contributed by atoms with Crippen LogP contribution in [0, 0.1) is 6.92 Å².